The number of carbonyl (C=O) groups is 2. The van der Waals surface area contributed by atoms with Gasteiger partial charge >= 0.3 is 12.1 Å². The number of fused-ring (bicyclic) bond motifs is 2. The smallest absolute Gasteiger partial charge is 0.307 e. The van der Waals surface area contributed by atoms with E-state index in [1.807, 2.05) is 84.9 Å². The van der Waals surface area contributed by atoms with Crippen molar-refractivity contribution in [2.75, 3.05) is 21.3 Å². The van der Waals surface area contributed by atoms with Gasteiger partial charge in [0.1, 0.15) is 0 Å². The van der Waals surface area contributed by atoms with Crippen LogP contribution in [0.1, 0.15) is 11.4 Å². The summed E-state index contributed by atoms with van der Waals surface area (Å²) in [4.78, 5) is 30.1. The first-order valence-electron chi connectivity index (χ1n) is 11.6. The molecule has 4 aromatic carbocycles. The number of pyridine rings is 1. The molecule has 0 aliphatic carbocycles. The summed E-state index contributed by atoms with van der Waals surface area (Å²) in [6, 6.07) is 28.1. The molecule has 5 rings (SSSR count). The van der Waals surface area contributed by atoms with Crippen LogP contribution in [0.15, 0.2) is 91.0 Å². The first-order chi connectivity index (χ1) is 17.5. The van der Waals surface area contributed by atoms with E-state index >= 15 is 0 Å². The van der Waals surface area contributed by atoms with Crippen molar-refractivity contribution in [3.05, 3.63) is 102 Å². The van der Waals surface area contributed by atoms with Gasteiger partial charge in [0.05, 0.1) is 34.1 Å². The van der Waals surface area contributed by atoms with Crippen molar-refractivity contribution in [1.29, 1.82) is 0 Å². The molecular weight excluding hydrogens is 450 g/mol. The van der Waals surface area contributed by atoms with Crippen LogP contribution in [0.3, 0.4) is 0 Å². The van der Waals surface area contributed by atoms with Gasteiger partial charge in [0.25, 0.3) is 0 Å². The Kier molecular flexibility index (Phi) is 6.19. The Morgan fingerprint density at radius 3 is 1.39 bits per heavy atom. The third-order valence-electron chi connectivity index (χ3n) is 5.98. The summed E-state index contributed by atoms with van der Waals surface area (Å²) in [6.45, 7) is 3.61. The van der Waals surface area contributed by atoms with Crippen LogP contribution in [0.25, 0.3) is 21.5 Å². The topological polar surface area (TPSA) is 95.2 Å². The average molecular weight is 476 g/mol. The zero-order valence-corrected chi connectivity index (χ0v) is 19.9. The maximum absolute atomic E-state index is 12.8. The molecule has 178 valence electrons. The minimum absolute atomic E-state index is 0.397. The van der Waals surface area contributed by atoms with E-state index in [1.54, 1.807) is 19.9 Å². The van der Waals surface area contributed by atoms with E-state index in [1.165, 1.54) is 0 Å². The molecule has 0 spiro atoms. The molecule has 1 aromatic heterocycles. The fraction of sp³-hybridized carbons (Fsp3) is 0.0690. The van der Waals surface area contributed by atoms with E-state index in [9.17, 15) is 9.59 Å². The summed E-state index contributed by atoms with van der Waals surface area (Å²) in [6.07, 6.45) is 0. The highest BCUT2D eigenvalue weighted by Gasteiger charge is 2.13. The van der Waals surface area contributed by atoms with Crippen molar-refractivity contribution in [2.24, 2.45) is 0 Å². The van der Waals surface area contributed by atoms with Crippen LogP contribution >= 0.6 is 0 Å². The number of hydrogen-bond donors (Lipinski definition) is 4. The third kappa shape index (κ3) is 4.81. The van der Waals surface area contributed by atoms with Crippen LogP contribution in [0, 0.1) is 13.8 Å². The number of carbonyl (C=O) groups excluding carboxylic acids is 2. The molecule has 7 heteroatoms. The first-order valence-corrected chi connectivity index (χ1v) is 11.6. The molecule has 0 atom stereocenters. The number of hydrogen-bond acceptors (Lipinski definition) is 3. The van der Waals surface area contributed by atoms with E-state index in [2.05, 4.69) is 26.3 Å². The molecule has 0 unspecified atom stereocenters. The number of nitrogens with one attached hydrogen (secondary N) is 4. The molecular formula is C29H25N5O2. The quantitative estimate of drug-likeness (QED) is 0.220. The lowest BCUT2D eigenvalue weighted by Crippen LogP contribution is -2.22. The molecule has 1 heterocycles. The van der Waals surface area contributed by atoms with Crippen molar-refractivity contribution >= 4 is 56.4 Å². The molecule has 7 nitrogen and oxygen atoms in total. The summed E-state index contributed by atoms with van der Waals surface area (Å²) in [5.41, 5.74) is 3.69. The van der Waals surface area contributed by atoms with Gasteiger partial charge < -0.3 is 21.3 Å². The Morgan fingerprint density at radius 2 is 0.917 bits per heavy atom. The van der Waals surface area contributed by atoms with Crippen molar-refractivity contribution in [3.8, 4) is 0 Å². The summed E-state index contributed by atoms with van der Waals surface area (Å²) in [5, 5.41) is 15.5. The number of rotatable bonds is 4. The minimum Gasteiger partial charge on any atom is -0.307 e. The Balaban J connectivity index is 1.32. The molecule has 0 aliphatic heterocycles. The van der Waals surface area contributed by atoms with Gasteiger partial charge in [0.2, 0.25) is 0 Å². The fourth-order valence-corrected chi connectivity index (χ4v) is 4.20. The SMILES string of the molecule is Cc1nc(C)c(NC(=O)Nc2cccc3ccccc23)cc1NC(=O)Nc1cccc2ccccc12. The van der Waals surface area contributed by atoms with Gasteiger partial charge in [0.15, 0.2) is 0 Å². The standard InChI is InChI=1S/C29H25N5O2/c1-18-26(33-28(35)31-24-15-7-11-20-9-3-5-13-22(20)24)17-27(19(2)30-18)34-29(36)32-25-16-8-12-21-10-4-6-14-23(21)25/h3-17H,1-2H3,(H2,31,33,35)(H2,32,34,36). The predicted molar refractivity (Wildman–Crippen MR) is 147 cm³/mol. The number of benzene rings is 4. The second kappa shape index (κ2) is 9.76. The van der Waals surface area contributed by atoms with Crippen LogP contribution in [-0.4, -0.2) is 17.0 Å². The van der Waals surface area contributed by atoms with E-state index < -0.39 is 12.1 Å². The second-order valence-corrected chi connectivity index (χ2v) is 8.47. The molecule has 0 aliphatic rings. The maximum Gasteiger partial charge on any atom is 0.323 e. The third-order valence-corrected chi connectivity index (χ3v) is 5.98. The molecule has 0 bridgehead atoms. The lowest BCUT2D eigenvalue weighted by atomic mass is 10.1. The number of nitrogens with zero attached hydrogens (tertiary/aromatic N) is 1. The van der Waals surface area contributed by atoms with Crippen molar-refractivity contribution in [3.63, 3.8) is 0 Å². The highest BCUT2D eigenvalue weighted by Crippen LogP contribution is 2.26. The molecule has 4 N–H and O–H groups in total. The van der Waals surface area contributed by atoms with Crippen LogP contribution in [0.4, 0.5) is 32.3 Å². The molecule has 0 saturated heterocycles. The number of urea groups is 2. The normalized spacial score (nSPS) is 10.7. The average Bonchev–Trinajstić information content (AvgIpc) is 2.87. The molecule has 0 saturated carbocycles. The van der Waals surface area contributed by atoms with Gasteiger partial charge in [-0.25, -0.2) is 9.59 Å². The van der Waals surface area contributed by atoms with Gasteiger partial charge in [-0.1, -0.05) is 72.8 Å². The minimum atomic E-state index is -0.397. The Labute approximate surface area is 208 Å². The predicted octanol–water partition coefficient (Wildman–Crippen LogP) is 7.29. The first kappa shape index (κ1) is 22.9. The lowest BCUT2D eigenvalue weighted by molar-refractivity contribution is 0.261. The number of amides is 4. The largest absolute Gasteiger partial charge is 0.323 e. The van der Waals surface area contributed by atoms with Crippen LogP contribution < -0.4 is 21.3 Å². The van der Waals surface area contributed by atoms with Gasteiger partial charge in [-0.15, -0.1) is 0 Å². The lowest BCUT2D eigenvalue weighted by Gasteiger charge is -2.15. The van der Waals surface area contributed by atoms with Crippen LogP contribution in [-0.2, 0) is 0 Å². The zero-order chi connectivity index (χ0) is 25.1. The van der Waals surface area contributed by atoms with Gasteiger partial charge in [0, 0.05) is 10.8 Å². The molecule has 4 amide bonds. The fourth-order valence-electron chi connectivity index (χ4n) is 4.20. The highest BCUT2D eigenvalue weighted by atomic mass is 16.2. The van der Waals surface area contributed by atoms with E-state index in [4.69, 9.17) is 0 Å². The molecule has 0 radical (unpaired) electrons. The van der Waals surface area contributed by atoms with Gasteiger partial charge in [-0.05, 0) is 42.8 Å². The van der Waals surface area contributed by atoms with Crippen LogP contribution in [0.5, 0.6) is 0 Å². The Hall–Kier alpha value is -4.91. The summed E-state index contributed by atoms with van der Waals surface area (Å²) in [5.74, 6) is 0. The van der Waals surface area contributed by atoms with Gasteiger partial charge in [-0.3, -0.25) is 4.98 Å². The number of aromatic nitrogens is 1. The monoisotopic (exact) mass is 475 g/mol. The Morgan fingerprint density at radius 1 is 0.528 bits per heavy atom. The number of anilines is 4. The summed E-state index contributed by atoms with van der Waals surface area (Å²) < 4.78 is 0. The summed E-state index contributed by atoms with van der Waals surface area (Å²) in [7, 11) is 0. The van der Waals surface area contributed by atoms with Crippen molar-refractivity contribution < 1.29 is 9.59 Å². The summed E-state index contributed by atoms with van der Waals surface area (Å²) >= 11 is 0. The molecule has 0 fully saturated rings. The Bertz CT molecular complexity index is 1490. The van der Waals surface area contributed by atoms with Crippen molar-refractivity contribution in [1.82, 2.24) is 4.98 Å². The highest BCUT2D eigenvalue weighted by molar-refractivity contribution is 6.08. The molecule has 5 aromatic rings. The number of aryl methyl sites for hydroxylation is 2. The maximum atomic E-state index is 12.8. The second-order valence-electron chi connectivity index (χ2n) is 8.47. The van der Waals surface area contributed by atoms with E-state index in [-0.39, 0.29) is 0 Å². The van der Waals surface area contributed by atoms with Crippen molar-refractivity contribution in [2.45, 2.75) is 13.8 Å². The molecule has 36 heavy (non-hydrogen) atoms. The zero-order valence-electron chi connectivity index (χ0n) is 19.9. The van der Waals surface area contributed by atoms with E-state index in [0.29, 0.717) is 34.1 Å². The van der Waals surface area contributed by atoms with Gasteiger partial charge in [-0.2, -0.15) is 0 Å². The van der Waals surface area contributed by atoms with Crippen LogP contribution in [0.2, 0.25) is 0 Å². The van der Waals surface area contributed by atoms with E-state index in [0.717, 1.165) is 21.5 Å².